The molecule has 2 aliphatic heterocycles. The van der Waals surface area contributed by atoms with Gasteiger partial charge in [0.1, 0.15) is 0 Å². The number of thioether (sulfide) groups is 1. The van der Waals surface area contributed by atoms with Crippen LogP contribution in [0.4, 0.5) is 0 Å². The Morgan fingerprint density at radius 1 is 1.26 bits per heavy atom. The van der Waals surface area contributed by atoms with Crippen molar-refractivity contribution in [3.8, 4) is 0 Å². The third kappa shape index (κ3) is 5.93. The third-order valence-electron chi connectivity index (χ3n) is 5.03. The van der Waals surface area contributed by atoms with Gasteiger partial charge in [0.25, 0.3) is 0 Å². The van der Waals surface area contributed by atoms with Crippen molar-refractivity contribution in [2.24, 2.45) is 4.99 Å². The molecule has 2 unspecified atom stereocenters. The fourth-order valence-electron chi connectivity index (χ4n) is 3.62. The molecule has 2 atom stereocenters. The van der Waals surface area contributed by atoms with Gasteiger partial charge in [0.15, 0.2) is 5.96 Å². The lowest BCUT2D eigenvalue weighted by Crippen LogP contribution is -2.47. The number of rotatable bonds is 5. The summed E-state index contributed by atoms with van der Waals surface area (Å²) in [6, 6.07) is 2.14. The van der Waals surface area contributed by atoms with Gasteiger partial charge < -0.3 is 10.6 Å². The number of halogens is 1. The molecule has 0 spiro atoms. The van der Waals surface area contributed by atoms with E-state index < -0.39 is 0 Å². The normalized spacial score (nSPS) is 30.1. The summed E-state index contributed by atoms with van der Waals surface area (Å²) in [5.74, 6) is 3.54. The molecule has 3 aliphatic rings. The largest absolute Gasteiger partial charge is 0.355 e. The minimum Gasteiger partial charge on any atom is -0.355 e. The van der Waals surface area contributed by atoms with Gasteiger partial charge in [0.05, 0.1) is 0 Å². The molecule has 5 nitrogen and oxygen atoms in total. The number of likely N-dealkylation sites (tertiary alicyclic amines) is 1. The van der Waals surface area contributed by atoms with Gasteiger partial charge in [-0.15, -0.1) is 24.0 Å². The average Bonchev–Trinajstić information content (AvgIpc) is 3.31. The van der Waals surface area contributed by atoms with Crippen LogP contribution in [-0.2, 0) is 0 Å². The Kier molecular flexibility index (Phi) is 8.24. The highest BCUT2D eigenvalue weighted by Gasteiger charge is 2.38. The van der Waals surface area contributed by atoms with Crippen LogP contribution in [0.5, 0.6) is 0 Å². The van der Waals surface area contributed by atoms with E-state index >= 15 is 0 Å². The SMILES string of the molecule is CN=C(NCCN1CCSCC1)NC1CC(C)N(C2CC2)C1.I. The minimum absolute atomic E-state index is 0. The molecule has 0 radical (unpaired) electrons. The highest BCUT2D eigenvalue weighted by Crippen LogP contribution is 2.33. The number of guanidine groups is 1. The molecule has 23 heavy (non-hydrogen) atoms. The quantitative estimate of drug-likeness (QED) is 0.375. The van der Waals surface area contributed by atoms with Crippen LogP contribution in [0.2, 0.25) is 0 Å². The van der Waals surface area contributed by atoms with Gasteiger partial charge >= 0.3 is 0 Å². The first kappa shape index (κ1) is 19.6. The number of hydrogen-bond donors (Lipinski definition) is 2. The van der Waals surface area contributed by atoms with E-state index in [0.717, 1.165) is 25.1 Å². The van der Waals surface area contributed by atoms with Crippen LogP contribution in [0, 0.1) is 0 Å². The number of nitrogens with one attached hydrogen (secondary N) is 2. The zero-order chi connectivity index (χ0) is 15.4. The van der Waals surface area contributed by atoms with Gasteiger partial charge in [-0.05, 0) is 26.2 Å². The average molecular weight is 453 g/mol. The highest BCUT2D eigenvalue weighted by atomic mass is 127. The van der Waals surface area contributed by atoms with Crippen molar-refractivity contribution < 1.29 is 0 Å². The Balaban J connectivity index is 0.00000192. The highest BCUT2D eigenvalue weighted by molar-refractivity contribution is 14.0. The first-order valence-electron chi connectivity index (χ1n) is 8.79. The van der Waals surface area contributed by atoms with E-state index in [1.807, 2.05) is 7.05 Å². The summed E-state index contributed by atoms with van der Waals surface area (Å²) >= 11 is 2.07. The lowest BCUT2D eigenvalue weighted by Gasteiger charge is -2.26. The standard InChI is InChI=1S/C16H31N5S.HI/c1-13-11-14(12-21(13)15-3-4-15)19-16(17-2)18-5-6-20-7-9-22-10-8-20;/h13-15H,3-12H2,1-2H3,(H2,17,18,19);1H. The molecule has 0 aromatic carbocycles. The molecule has 0 aromatic heterocycles. The summed E-state index contributed by atoms with van der Waals surface area (Å²) in [5, 5.41) is 7.11. The summed E-state index contributed by atoms with van der Waals surface area (Å²) in [4.78, 5) is 9.62. The molecule has 1 aliphatic carbocycles. The molecule has 3 rings (SSSR count). The Hall–Kier alpha value is 0.270. The van der Waals surface area contributed by atoms with Crippen LogP contribution < -0.4 is 10.6 Å². The van der Waals surface area contributed by atoms with Gasteiger partial charge in [0.2, 0.25) is 0 Å². The fourth-order valence-corrected chi connectivity index (χ4v) is 4.60. The number of nitrogens with zero attached hydrogens (tertiary/aromatic N) is 3. The maximum absolute atomic E-state index is 4.40. The summed E-state index contributed by atoms with van der Waals surface area (Å²) in [6.07, 6.45) is 4.04. The van der Waals surface area contributed by atoms with E-state index in [2.05, 4.69) is 44.1 Å². The van der Waals surface area contributed by atoms with E-state index in [9.17, 15) is 0 Å². The Morgan fingerprint density at radius 3 is 2.65 bits per heavy atom. The Labute approximate surface area is 162 Å². The third-order valence-corrected chi connectivity index (χ3v) is 5.97. The van der Waals surface area contributed by atoms with Crippen LogP contribution in [-0.4, -0.2) is 85.2 Å². The molecule has 7 heteroatoms. The van der Waals surface area contributed by atoms with Gasteiger partial charge in [-0.25, -0.2) is 0 Å². The first-order valence-corrected chi connectivity index (χ1v) is 9.95. The molecule has 0 aromatic rings. The molecule has 2 N–H and O–H groups in total. The van der Waals surface area contributed by atoms with Crippen molar-refractivity contribution in [2.45, 2.75) is 44.3 Å². The summed E-state index contributed by atoms with van der Waals surface area (Å²) in [5.41, 5.74) is 0. The van der Waals surface area contributed by atoms with E-state index in [1.54, 1.807) is 0 Å². The van der Waals surface area contributed by atoms with Crippen molar-refractivity contribution >= 4 is 41.7 Å². The van der Waals surface area contributed by atoms with Gasteiger partial charge in [0, 0.05) is 69.4 Å². The molecule has 1 saturated carbocycles. The van der Waals surface area contributed by atoms with Crippen LogP contribution in [0.3, 0.4) is 0 Å². The monoisotopic (exact) mass is 453 g/mol. The maximum atomic E-state index is 4.40. The van der Waals surface area contributed by atoms with E-state index in [-0.39, 0.29) is 24.0 Å². The predicted octanol–water partition coefficient (Wildman–Crippen LogP) is 1.44. The summed E-state index contributed by atoms with van der Waals surface area (Å²) < 4.78 is 0. The van der Waals surface area contributed by atoms with Crippen molar-refractivity contribution in [3.63, 3.8) is 0 Å². The zero-order valence-corrected chi connectivity index (χ0v) is 17.6. The summed E-state index contributed by atoms with van der Waals surface area (Å²) in [7, 11) is 1.88. The lowest BCUT2D eigenvalue weighted by molar-refractivity contribution is 0.256. The molecule has 0 amide bonds. The molecule has 134 valence electrons. The second kappa shape index (κ2) is 9.68. The molecular weight excluding hydrogens is 421 g/mol. The maximum Gasteiger partial charge on any atom is 0.191 e. The second-order valence-corrected chi connectivity index (χ2v) is 8.03. The Bertz CT molecular complexity index is 385. The van der Waals surface area contributed by atoms with E-state index in [1.165, 1.54) is 50.4 Å². The van der Waals surface area contributed by atoms with Crippen molar-refractivity contribution in [1.29, 1.82) is 0 Å². The van der Waals surface area contributed by atoms with Crippen LogP contribution in [0.1, 0.15) is 26.2 Å². The van der Waals surface area contributed by atoms with Gasteiger partial charge in [-0.1, -0.05) is 0 Å². The first-order chi connectivity index (χ1) is 10.8. The van der Waals surface area contributed by atoms with E-state index in [0.29, 0.717) is 12.1 Å². The predicted molar refractivity (Wildman–Crippen MR) is 111 cm³/mol. The lowest BCUT2D eigenvalue weighted by atomic mass is 10.2. The number of aliphatic imine (C=N–C) groups is 1. The van der Waals surface area contributed by atoms with Crippen LogP contribution >= 0.6 is 35.7 Å². The number of hydrogen-bond acceptors (Lipinski definition) is 4. The molecule has 0 bridgehead atoms. The smallest absolute Gasteiger partial charge is 0.191 e. The second-order valence-electron chi connectivity index (χ2n) is 6.81. The van der Waals surface area contributed by atoms with Crippen LogP contribution in [0.25, 0.3) is 0 Å². The summed E-state index contributed by atoms with van der Waals surface area (Å²) in [6.45, 7) is 8.11. The topological polar surface area (TPSA) is 42.9 Å². The zero-order valence-electron chi connectivity index (χ0n) is 14.5. The molecule has 2 saturated heterocycles. The van der Waals surface area contributed by atoms with Crippen LogP contribution in [0.15, 0.2) is 4.99 Å². The molecule has 2 heterocycles. The fraction of sp³-hybridized carbons (Fsp3) is 0.938. The van der Waals surface area contributed by atoms with Crippen molar-refractivity contribution in [2.75, 3.05) is 51.3 Å². The minimum atomic E-state index is 0. The molecular formula is C16H32IN5S. The van der Waals surface area contributed by atoms with Gasteiger partial charge in [-0.3, -0.25) is 14.8 Å². The van der Waals surface area contributed by atoms with E-state index in [4.69, 9.17) is 0 Å². The van der Waals surface area contributed by atoms with Crippen molar-refractivity contribution in [1.82, 2.24) is 20.4 Å². The van der Waals surface area contributed by atoms with Gasteiger partial charge in [-0.2, -0.15) is 11.8 Å². The molecule has 3 fully saturated rings. The van der Waals surface area contributed by atoms with Crippen molar-refractivity contribution in [3.05, 3.63) is 0 Å². The Morgan fingerprint density at radius 2 is 2.00 bits per heavy atom.